The number of halogens is 1. The number of nitrogens with one attached hydrogen (secondary N) is 1. The van der Waals surface area contributed by atoms with E-state index in [4.69, 9.17) is 21.4 Å². The second-order valence-corrected chi connectivity index (χ2v) is 4.84. The highest BCUT2D eigenvalue weighted by molar-refractivity contribution is 6.32. The summed E-state index contributed by atoms with van der Waals surface area (Å²) >= 11 is 6.13. The zero-order valence-electron chi connectivity index (χ0n) is 11.6. The minimum Gasteiger partial charge on any atom is -0.492 e. The van der Waals surface area contributed by atoms with Gasteiger partial charge in [-0.1, -0.05) is 17.7 Å². The first kappa shape index (κ1) is 15.2. The molecule has 0 saturated carbocycles. The zero-order valence-corrected chi connectivity index (χ0v) is 12.4. The van der Waals surface area contributed by atoms with Crippen LogP contribution in [0.1, 0.15) is 22.8 Å². The molecule has 0 amide bonds. The Morgan fingerprint density at radius 3 is 2.52 bits per heavy atom. The molecule has 0 radical (unpaired) electrons. The molecule has 0 saturated heterocycles. The van der Waals surface area contributed by atoms with Gasteiger partial charge < -0.3 is 15.2 Å². The van der Waals surface area contributed by atoms with Crippen molar-refractivity contribution in [2.75, 3.05) is 11.9 Å². The maximum atomic E-state index is 10.8. The lowest BCUT2D eigenvalue weighted by molar-refractivity contribution is 0.0697. The number of carboxylic acid groups (broad SMARTS) is 1. The number of hydrogen-bond acceptors (Lipinski definition) is 3. The lowest BCUT2D eigenvalue weighted by Gasteiger charge is -2.10. The molecule has 2 rings (SSSR count). The molecule has 5 heteroatoms. The number of aromatic carboxylic acids is 1. The van der Waals surface area contributed by atoms with Crippen LogP contribution in [0.3, 0.4) is 0 Å². The van der Waals surface area contributed by atoms with E-state index in [2.05, 4.69) is 5.32 Å². The van der Waals surface area contributed by atoms with Crippen molar-refractivity contribution in [2.24, 2.45) is 0 Å². The van der Waals surface area contributed by atoms with Crippen LogP contribution in [0.2, 0.25) is 5.02 Å². The van der Waals surface area contributed by atoms with E-state index in [0.717, 1.165) is 11.3 Å². The average molecular weight is 306 g/mol. The quantitative estimate of drug-likeness (QED) is 0.845. The molecule has 0 aliphatic carbocycles. The van der Waals surface area contributed by atoms with Crippen LogP contribution in [0.5, 0.6) is 5.75 Å². The fraction of sp³-hybridized carbons (Fsp3) is 0.188. The van der Waals surface area contributed by atoms with Gasteiger partial charge in [-0.15, -0.1) is 0 Å². The van der Waals surface area contributed by atoms with Gasteiger partial charge in [0.05, 0.1) is 17.2 Å². The molecule has 0 fully saturated rings. The van der Waals surface area contributed by atoms with Crippen molar-refractivity contribution in [1.82, 2.24) is 0 Å². The van der Waals surface area contributed by atoms with Crippen molar-refractivity contribution >= 4 is 23.3 Å². The lowest BCUT2D eigenvalue weighted by Crippen LogP contribution is -2.01. The Morgan fingerprint density at radius 1 is 1.24 bits per heavy atom. The third-order valence-corrected chi connectivity index (χ3v) is 3.22. The third-order valence-electron chi connectivity index (χ3n) is 2.92. The van der Waals surface area contributed by atoms with Gasteiger partial charge in [0, 0.05) is 12.2 Å². The van der Waals surface area contributed by atoms with Crippen molar-refractivity contribution in [3.63, 3.8) is 0 Å². The van der Waals surface area contributed by atoms with Gasteiger partial charge in [0.15, 0.2) is 0 Å². The molecule has 0 heterocycles. The molecule has 0 atom stereocenters. The van der Waals surface area contributed by atoms with Crippen LogP contribution in [0, 0.1) is 0 Å². The monoisotopic (exact) mass is 305 g/mol. The number of carboxylic acids is 1. The Morgan fingerprint density at radius 2 is 1.95 bits per heavy atom. The van der Waals surface area contributed by atoms with E-state index in [1.165, 1.54) is 0 Å². The first-order chi connectivity index (χ1) is 10.1. The highest BCUT2D eigenvalue weighted by Gasteiger charge is 2.04. The SMILES string of the molecule is CCOc1ccc(CNc2ccc(C(=O)O)cc2)cc1Cl. The van der Waals surface area contributed by atoms with Gasteiger partial charge in [-0.3, -0.25) is 0 Å². The minimum absolute atomic E-state index is 0.268. The Balaban J connectivity index is 1.99. The number of anilines is 1. The van der Waals surface area contributed by atoms with Crippen LogP contribution in [0.25, 0.3) is 0 Å². The fourth-order valence-corrected chi connectivity index (χ4v) is 2.12. The Labute approximate surface area is 128 Å². The molecular weight excluding hydrogens is 290 g/mol. The minimum atomic E-state index is -0.931. The molecule has 21 heavy (non-hydrogen) atoms. The van der Waals surface area contributed by atoms with Crippen LogP contribution >= 0.6 is 11.6 Å². The largest absolute Gasteiger partial charge is 0.492 e. The van der Waals surface area contributed by atoms with Crippen molar-refractivity contribution in [3.8, 4) is 5.75 Å². The fourth-order valence-electron chi connectivity index (χ4n) is 1.86. The molecule has 0 aliphatic heterocycles. The zero-order chi connectivity index (χ0) is 15.2. The molecule has 0 unspecified atom stereocenters. The maximum absolute atomic E-state index is 10.8. The van der Waals surface area contributed by atoms with Gasteiger partial charge in [-0.2, -0.15) is 0 Å². The molecule has 2 aromatic carbocycles. The number of ether oxygens (including phenoxy) is 1. The number of hydrogen-bond donors (Lipinski definition) is 2. The second kappa shape index (κ2) is 6.99. The van der Waals surface area contributed by atoms with E-state index < -0.39 is 5.97 Å². The molecule has 2 aromatic rings. The van der Waals surface area contributed by atoms with Gasteiger partial charge in [0.1, 0.15) is 5.75 Å². The van der Waals surface area contributed by atoms with E-state index >= 15 is 0 Å². The first-order valence-corrected chi connectivity index (χ1v) is 6.96. The van der Waals surface area contributed by atoms with Crippen molar-refractivity contribution in [1.29, 1.82) is 0 Å². The standard InChI is InChI=1S/C16H16ClNO3/c1-2-21-15-8-3-11(9-14(15)17)10-18-13-6-4-12(5-7-13)16(19)20/h3-9,18H,2,10H2,1H3,(H,19,20). The number of rotatable bonds is 6. The molecular formula is C16H16ClNO3. The number of benzene rings is 2. The predicted molar refractivity (Wildman–Crippen MR) is 83.3 cm³/mol. The molecule has 0 bridgehead atoms. The van der Waals surface area contributed by atoms with Crippen LogP contribution in [-0.2, 0) is 6.54 Å². The summed E-state index contributed by atoms with van der Waals surface area (Å²) in [6.45, 7) is 3.08. The third kappa shape index (κ3) is 4.13. The molecule has 110 valence electrons. The highest BCUT2D eigenvalue weighted by atomic mass is 35.5. The van der Waals surface area contributed by atoms with E-state index in [9.17, 15) is 4.79 Å². The summed E-state index contributed by atoms with van der Waals surface area (Å²) in [6, 6.07) is 12.2. The molecule has 2 N–H and O–H groups in total. The highest BCUT2D eigenvalue weighted by Crippen LogP contribution is 2.25. The summed E-state index contributed by atoms with van der Waals surface area (Å²) in [5.41, 5.74) is 2.14. The van der Waals surface area contributed by atoms with E-state index in [-0.39, 0.29) is 5.56 Å². The summed E-state index contributed by atoms with van der Waals surface area (Å²) in [5.74, 6) is -0.256. The molecule has 4 nitrogen and oxygen atoms in total. The predicted octanol–water partition coefficient (Wildman–Crippen LogP) is 4.05. The van der Waals surface area contributed by atoms with Gasteiger partial charge >= 0.3 is 5.97 Å². The van der Waals surface area contributed by atoms with Gasteiger partial charge in [-0.25, -0.2) is 4.79 Å². The number of carbonyl (C=O) groups is 1. The second-order valence-electron chi connectivity index (χ2n) is 4.43. The van der Waals surface area contributed by atoms with Crippen LogP contribution in [0.4, 0.5) is 5.69 Å². The van der Waals surface area contributed by atoms with Crippen LogP contribution in [0.15, 0.2) is 42.5 Å². The Hall–Kier alpha value is -2.20. The van der Waals surface area contributed by atoms with Gasteiger partial charge in [0.2, 0.25) is 0 Å². The maximum Gasteiger partial charge on any atom is 0.335 e. The van der Waals surface area contributed by atoms with Crippen LogP contribution in [-0.4, -0.2) is 17.7 Å². The smallest absolute Gasteiger partial charge is 0.335 e. The van der Waals surface area contributed by atoms with E-state index in [0.29, 0.717) is 23.9 Å². The molecule has 0 aromatic heterocycles. The van der Waals surface area contributed by atoms with Crippen LogP contribution < -0.4 is 10.1 Å². The van der Waals surface area contributed by atoms with E-state index in [1.807, 2.05) is 25.1 Å². The summed E-state index contributed by atoms with van der Waals surface area (Å²) in [7, 11) is 0. The molecule has 0 spiro atoms. The Kier molecular flexibility index (Phi) is 5.06. The summed E-state index contributed by atoms with van der Waals surface area (Å²) in [4.78, 5) is 10.8. The van der Waals surface area contributed by atoms with Gasteiger partial charge in [0.25, 0.3) is 0 Å². The van der Waals surface area contributed by atoms with Crippen molar-refractivity contribution in [3.05, 3.63) is 58.6 Å². The summed E-state index contributed by atoms with van der Waals surface area (Å²) < 4.78 is 5.38. The topological polar surface area (TPSA) is 58.6 Å². The summed E-state index contributed by atoms with van der Waals surface area (Å²) in [6.07, 6.45) is 0. The van der Waals surface area contributed by atoms with E-state index in [1.54, 1.807) is 24.3 Å². The Bertz CT molecular complexity index is 626. The lowest BCUT2D eigenvalue weighted by atomic mass is 10.2. The molecule has 0 aliphatic rings. The first-order valence-electron chi connectivity index (χ1n) is 6.58. The van der Waals surface area contributed by atoms with Crippen molar-refractivity contribution in [2.45, 2.75) is 13.5 Å². The average Bonchev–Trinajstić information content (AvgIpc) is 2.48. The van der Waals surface area contributed by atoms with Crippen molar-refractivity contribution < 1.29 is 14.6 Å². The normalized spacial score (nSPS) is 10.2. The van der Waals surface area contributed by atoms with Gasteiger partial charge in [-0.05, 0) is 48.9 Å². The summed E-state index contributed by atoms with van der Waals surface area (Å²) in [5, 5.41) is 12.6.